The van der Waals surface area contributed by atoms with Gasteiger partial charge in [-0.15, -0.1) is 0 Å². The number of aromatic hydroxyl groups is 1. The maximum absolute atomic E-state index is 10.2. The molecule has 2 fully saturated rings. The number of rotatable bonds is 6. The molecule has 1 aromatic carbocycles. The van der Waals surface area contributed by atoms with Crippen molar-refractivity contribution in [3.05, 3.63) is 24.5 Å². The summed E-state index contributed by atoms with van der Waals surface area (Å²) in [7, 11) is 2.99. The van der Waals surface area contributed by atoms with Gasteiger partial charge < -0.3 is 33.9 Å². The van der Waals surface area contributed by atoms with Gasteiger partial charge in [0.1, 0.15) is 0 Å². The van der Waals surface area contributed by atoms with Crippen LogP contribution in [0.4, 0.5) is 11.9 Å². The second-order valence-electron chi connectivity index (χ2n) is 7.84. The second kappa shape index (κ2) is 11.9. The maximum atomic E-state index is 10.2. The minimum Gasteiger partial charge on any atom is -0.502 e. The highest BCUT2D eigenvalue weighted by molar-refractivity contribution is 5.70. The molecule has 2 aromatic heterocycles. The number of anilines is 2. The molecule has 2 saturated heterocycles. The molecule has 0 atom stereocenters. The predicted octanol–water partition coefficient (Wildman–Crippen LogP) is 2.15. The van der Waals surface area contributed by atoms with Gasteiger partial charge in [-0.3, -0.25) is 0 Å². The van der Waals surface area contributed by atoms with Crippen molar-refractivity contribution < 1.29 is 24.1 Å². The molecule has 5 rings (SSSR count). The van der Waals surface area contributed by atoms with E-state index in [-0.39, 0.29) is 5.75 Å². The third-order valence-electron chi connectivity index (χ3n) is 5.79. The van der Waals surface area contributed by atoms with Crippen molar-refractivity contribution >= 4 is 11.9 Å². The lowest BCUT2D eigenvalue weighted by Gasteiger charge is -2.30. The molecule has 194 valence electrons. The van der Waals surface area contributed by atoms with E-state index >= 15 is 0 Å². The first-order valence-electron chi connectivity index (χ1n) is 12.1. The fraction of sp³-hybridized carbons (Fsp3) is 0.500. The van der Waals surface area contributed by atoms with Crippen LogP contribution in [0.25, 0.3) is 17.1 Å². The van der Waals surface area contributed by atoms with E-state index in [4.69, 9.17) is 33.9 Å². The third kappa shape index (κ3) is 5.44. The summed E-state index contributed by atoms with van der Waals surface area (Å²) in [6.07, 6.45) is 3.53. The monoisotopic (exact) mass is 499 g/mol. The normalized spacial score (nSPS) is 15.8. The Balaban J connectivity index is 0.00000148. The molecule has 12 nitrogen and oxygen atoms in total. The minimum absolute atomic E-state index is 0.0519. The highest BCUT2D eigenvalue weighted by atomic mass is 16.5. The van der Waals surface area contributed by atoms with Crippen molar-refractivity contribution in [2.24, 2.45) is 0 Å². The standard InChI is InChI=1S/C22H27N7O5.C2H6/c1-31-17-11-15(12-18(32-2)19(17)30)16-13-23-29(14-16)22-25-20(27-3-7-33-8-4-27)24-21(26-22)28-5-9-34-10-6-28;1-2/h11-14,30H,3-10H2,1-2H3;1-2H3. The number of morpholine rings is 2. The van der Waals surface area contributed by atoms with E-state index in [1.807, 2.05) is 20.0 Å². The lowest BCUT2D eigenvalue weighted by atomic mass is 10.1. The number of phenols is 1. The summed E-state index contributed by atoms with van der Waals surface area (Å²) < 4.78 is 23.2. The average molecular weight is 500 g/mol. The zero-order valence-corrected chi connectivity index (χ0v) is 21.2. The number of ether oxygens (including phenoxy) is 4. The van der Waals surface area contributed by atoms with Crippen LogP contribution in [0.5, 0.6) is 17.2 Å². The summed E-state index contributed by atoms with van der Waals surface area (Å²) in [6.45, 7) is 9.36. The van der Waals surface area contributed by atoms with Gasteiger partial charge in [0.25, 0.3) is 5.95 Å². The Kier molecular flexibility index (Phi) is 8.39. The molecule has 0 aliphatic carbocycles. The number of hydrogen-bond donors (Lipinski definition) is 1. The fourth-order valence-electron chi connectivity index (χ4n) is 3.90. The van der Waals surface area contributed by atoms with Crippen LogP contribution in [0.2, 0.25) is 0 Å². The molecule has 0 unspecified atom stereocenters. The van der Waals surface area contributed by atoms with Gasteiger partial charge in [0.2, 0.25) is 17.6 Å². The van der Waals surface area contributed by atoms with Gasteiger partial charge >= 0.3 is 0 Å². The first-order valence-corrected chi connectivity index (χ1v) is 12.1. The summed E-state index contributed by atoms with van der Waals surface area (Å²) in [5.74, 6) is 2.18. The zero-order chi connectivity index (χ0) is 25.5. The Hall–Kier alpha value is -3.64. The molecule has 0 amide bonds. The van der Waals surface area contributed by atoms with Gasteiger partial charge in [0.15, 0.2) is 11.5 Å². The predicted molar refractivity (Wildman–Crippen MR) is 135 cm³/mol. The topological polar surface area (TPSA) is 120 Å². The van der Waals surface area contributed by atoms with Crippen molar-refractivity contribution in [3.8, 4) is 34.3 Å². The second-order valence-corrected chi connectivity index (χ2v) is 7.84. The van der Waals surface area contributed by atoms with Crippen LogP contribution >= 0.6 is 0 Å². The molecule has 4 heterocycles. The van der Waals surface area contributed by atoms with Crippen LogP contribution in [0.3, 0.4) is 0 Å². The summed E-state index contributed by atoms with van der Waals surface area (Å²) in [5.41, 5.74) is 1.56. The van der Waals surface area contributed by atoms with Gasteiger partial charge in [-0.25, -0.2) is 4.68 Å². The smallest absolute Gasteiger partial charge is 0.257 e. The van der Waals surface area contributed by atoms with Gasteiger partial charge in [-0.2, -0.15) is 20.1 Å². The van der Waals surface area contributed by atoms with Crippen molar-refractivity contribution in [1.82, 2.24) is 24.7 Å². The van der Waals surface area contributed by atoms with Crippen LogP contribution in [-0.2, 0) is 9.47 Å². The number of hydrogen-bond acceptors (Lipinski definition) is 11. The van der Waals surface area contributed by atoms with Crippen molar-refractivity contribution in [2.45, 2.75) is 13.8 Å². The number of aromatic nitrogens is 5. The summed E-state index contributed by atoms with van der Waals surface area (Å²) in [6, 6.07) is 3.45. The van der Waals surface area contributed by atoms with Crippen molar-refractivity contribution in [2.75, 3.05) is 76.6 Å². The lowest BCUT2D eigenvalue weighted by Crippen LogP contribution is -2.40. The van der Waals surface area contributed by atoms with E-state index in [1.54, 1.807) is 23.0 Å². The van der Waals surface area contributed by atoms with Crippen LogP contribution in [0.15, 0.2) is 24.5 Å². The molecule has 0 bridgehead atoms. The quantitative estimate of drug-likeness (QED) is 0.537. The Bertz CT molecular complexity index is 1080. The van der Waals surface area contributed by atoms with Crippen LogP contribution in [-0.4, -0.2) is 96.7 Å². The SMILES string of the molecule is CC.COc1cc(-c2cnn(-c3nc(N4CCOCC4)nc(N4CCOCC4)n3)c2)cc(OC)c1O. The Morgan fingerprint density at radius 2 is 1.22 bits per heavy atom. The fourth-order valence-corrected chi connectivity index (χ4v) is 3.90. The molecular weight excluding hydrogens is 466 g/mol. The molecule has 2 aliphatic rings. The Labute approximate surface area is 210 Å². The number of benzene rings is 1. The summed E-state index contributed by atoms with van der Waals surface area (Å²) in [4.78, 5) is 18.4. The molecule has 2 aliphatic heterocycles. The summed E-state index contributed by atoms with van der Waals surface area (Å²) in [5, 5.41) is 14.7. The number of nitrogens with zero attached hydrogens (tertiary/aromatic N) is 7. The van der Waals surface area contributed by atoms with Gasteiger partial charge in [-0.05, 0) is 17.7 Å². The highest BCUT2D eigenvalue weighted by Crippen LogP contribution is 2.40. The van der Waals surface area contributed by atoms with Crippen molar-refractivity contribution in [1.29, 1.82) is 0 Å². The molecule has 0 spiro atoms. The minimum atomic E-state index is -0.0519. The van der Waals surface area contributed by atoms with Crippen LogP contribution in [0, 0.1) is 0 Å². The first kappa shape index (κ1) is 25.5. The third-order valence-corrected chi connectivity index (χ3v) is 5.79. The first-order chi connectivity index (χ1) is 17.7. The van der Waals surface area contributed by atoms with E-state index in [1.165, 1.54) is 14.2 Å². The zero-order valence-electron chi connectivity index (χ0n) is 21.2. The molecule has 1 N–H and O–H groups in total. The van der Waals surface area contributed by atoms with Crippen LogP contribution in [0.1, 0.15) is 13.8 Å². The van der Waals surface area contributed by atoms with E-state index in [0.717, 1.165) is 11.1 Å². The molecule has 12 heteroatoms. The molecule has 3 aromatic rings. The molecule has 0 saturated carbocycles. The molecule has 36 heavy (non-hydrogen) atoms. The van der Waals surface area contributed by atoms with Crippen molar-refractivity contribution in [3.63, 3.8) is 0 Å². The van der Waals surface area contributed by atoms with E-state index in [0.29, 0.717) is 82.0 Å². The highest BCUT2D eigenvalue weighted by Gasteiger charge is 2.22. The lowest BCUT2D eigenvalue weighted by molar-refractivity contribution is 0.121. The van der Waals surface area contributed by atoms with E-state index in [9.17, 15) is 5.11 Å². The Morgan fingerprint density at radius 1 is 0.750 bits per heavy atom. The summed E-state index contributed by atoms with van der Waals surface area (Å²) >= 11 is 0. The average Bonchev–Trinajstić information content (AvgIpc) is 3.45. The Morgan fingerprint density at radius 3 is 1.69 bits per heavy atom. The molecule has 0 radical (unpaired) electrons. The largest absolute Gasteiger partial charge is 0.502 e. The van der Waals surface area contributed by atoms with Gasteiger partial charge in [0.05, 0.1) is 46.8 Å². The van der Waals surface area contributed by atoms with Gasteiger partial charge in [-0.1, -0.05) is 13.8 Å². The van der Waals surface area contributed by atoms with Crippen LogP contribution < -0.4 is 19.3 Å². The van der Waals surface area contributed by atoms with E-state index < -0.39 is 0 Å². The number of phenolic OH excluding ortho intramolecular Hbond substituents is 1. The van der Waals surface area contributed by atoms with E-state index in [2.05, 4.69) is 14.9 Å². The van der Waals surface area contributed by atoms with Gasteiger partial charge in [0, 0.05) is 37.9 Å². The maximum Gasteiger partial charge on any atom is 0.257 e. The molecular formula is C24H33N7O5. The number of methoxy groups -OCH3 is 2.